The Hall–Kier alpha value is -1.12. The fraction of sp³-hybridized carbons (Fsp3) is 0.429. The molecular weight excluding hydrogens is 130 g/mol. The quantitative estimate of drug-likeness (QED) is 0.581. The normalized spacial score (nSPS) is 30.5. The molecule has 0 aromatic rings. The predicted molar refractivity (Wildman–Crippen MR) is 38.2 cm³/mol. The summed E-state index contributed by atoms with van der Waals surface area (Å²) in [6.07, 6.45) is 4.94. The largest absolute Gasteiger partial charge is 0.481 e. The second-order valence-corrected chi connectivity index (χ2v) is 2.57. The van der Waals surface area contributed by atoms with Crippen LogP contribution >= 0.6 is 0 Å². The molecule has 54 valence electrons. The van der Waals surface area contributed by atoms with Gasteiger partial charge in [0.05, 0.1) is 6.54 Å². The van der Waals surface area contributed by atoms with Crippen LogP contribution in [0.25, 0.3) is 0 Å². The Labute approximate surface area is 59.1 Å². The van der Waals surface area contributed by atoms with E-state index in [4.69, 9.17) is 5.11 Å². The van der Waals surface area contributed by atoms with E-state index in [2.05, 4.69) is 4.99 Å². The first kappa shape index (κ1) is 6.99. The van der Waals surface area contributed by atoms with E-state index in [1.54, 1.807) is 25.3 Å². The van der Waals surface area contributed by atoms with Gasteiger partial charge in [-0.2, -0.15) is 0 Å². The zero-order chi connectivity index (χ0) is 7.61. The van der Waals surface area contributed by atoms with Gasteiger partial charge in [0, 0.05) is 6.21 Å². The van der Waals surface area contributed by atoms with Crippen molar-refractivity contribution in [2.24, 2.45) is 10.4 Å². The minimum Gasteiger partial charge on any atom is -0.481 e. The molecule has 0 saturated carbocycles. The number of rotatable bonds is 1. The molecule has 10 heavy (non-hydrogen) atoms. The van der Waals surface area contributed by atoms with Crippen molar-refractivity contribution < 1.29 is 9.90 Å². The van der Waals surface area contributed by atoms with Crippen LogP contribution < -0.4 is 0 Å². The molecule has 3 nitrogen and oxygen atoms in total. The van der Waals surface area contributed by atoms with Crippen LogP contribution in [0.15, 0.2) is 17.1 Å². The van der Waals surface area contributed by atoms with Crippen LogP contribution in [-0.4, -0.2) is 23.8 Å². The topological polar surface area (TPSA) is 49.7 Å². The van der Waals surface area contributed by atoms with Gasteiger partial charge in [-0.3, -0.25) is 9.79 Å². The zero-order valence-electron chi connectivity index (χ0n) is 5.74. The molecule has 0 saturated heterocycles. The fourth-order valence-corrected chi connectivity index (χ4v) is 0.750. The third-order valence-corrected chi connectivity index (χ3v) is 1.56. The molecule has 3 heteroatoms. The summed E-state index contributed by atoms with van der Waals surface area (Å²) >= 11 is 0. The van der Waals surface area contributed by atoms with Gasteiger partial charge < -0.3 is 5.11 Å². The standard InChI is InChI=1S/C7H9NO2/c1-7(6(9)10)3-2-4-8-5-7/h2-4H,5H2,1H3,(H,9,10). The lowest BCUT2D eigenvalue weighted by molar-refractivity contribution is -0.144. The number of allylic oxidation sites excluding steroid dienone is 1. The van der Waals surface area contributed by atoms with Crippen LogP contribution in [0.5, 0.6) is 0 Å². The minimum atomic E-state index is -0.819. The van der Waals surface area contributed by atoms with E-state index in [0.29, 0.717) is 6.54 Å². The maximum atomic E-state index is 10.6. The summed E-state index contributed by atoms with van der Waals surface area (Å²) in [4.78, 5) is 14.4. The molecule has 0 radical (unpaired) electrons. The van der Waals surface area contributed by atoms with Gasteiger partial charge in [0.25, 0.3) is 0 Å². The van der Waals surface area contributed by atoms with Crippen LogP contribution in [0, 0.1) is 5.41 Å². The maximum absolute atomic E-state index is 10.6. The molecule has 0 bridgehead atoms. The Kier molecular flexibility index (Phi) is 1.57. The number of hydrogen-bond acceptors (Lipinski definition) is 2. The number of nitrogens with zero attached hydrogens (tertiary/aromatic N) is 1. The summed E-state index contributed by atoms with van der Waals surface area (Å²) in [5.41, 5.74) is -0.783. The molecule has 0 aromatic carbocycles. The molecule has 1 unspecified atom stereocenters. The molecule has 1 N–H and O–H groups in total. The summed E-state index contributed by atoms with van der Waals surface area (Å²) in [5, 5.41) is 8.67. The van der Waals surface area contributed by atoms with Crippen molar-refractivity contribution >= 4 is 12.2 Å². The SMILES string of the molecule is CC1(C(=O)O)C=CC=NC1. The summed E-state index contributed by atoms with van der Waals surface area (Å²) in [6.45, 7) is 2.00. The van der Waals surface area contributed by atoms with Crippen LogP contribution in [-0.2, 0) is 4.79 Å². The summed E-state index contributed by atoms with van der Waals surface area (Å²) < 4.78 is 0. The maximum Gasteiger partial charge on any atom is 0.315 e. The zero-order valence-corrected chi connectivity index (χ0v) is 5.74. The van der Waals surface area contributed by atoms with E-state index in [0.717, 1.165) is 0 Å². The van der Waals surface area contributed by atoms with Gasteiger partial charge in [-0.1, -0.05) is 6.08 Å². The molecule has 0 fully saturated rings. The van der Waals surface area contributed by atoms with E-state index in [9.17, 15) is 4.79 Å². The highest BCUT2D eigenvalue weighted by Crippen LogP contribution is 2.20. The van der Waals surface area contributed by atoms with E-state index in [1.807, 2.05) is 0 Å². The van der Waals surface area contributed by atoms with Gasteiger partial charge in [0.2, 0.25) is 0 Å². The molecule has 1 heterocycles. The smallest absolute Gasteiger partial charge is 0.315 e. The molecule has 0 spiro atoms. The molecule has 0 amide bonds. The molecule has 0 aliphatic carbocycles. The van der Waals surface area contributed by atoms with Crippen LogP contribution in [0.2, 0.25) is 0 Å². The summed E-state index contributed by atoms with van der Waals surface area (Å²) in [7, 11) is 0. The van der Waals surface area contributed by atoms with E-state index in [-0.39, 0.29) is 0 Å². The number of dihydropyridines is 1. The first-order valence-electron chi connectivity index (χ1n) is 3.06. The summed E-state index contributed by atoms with van der Waals surface area (Å²) in [6, 6.07) is 0. The lowest BCUT2D eigenvalue weighted by Crippen LogP contribution is -2.29. The van der Waals surface area contributed by atoms with Gasteiger partial charge in [0.1, 0.15) is 5.41 Å². The Morgan fingerprint density at radius 1 is 1.80 bits per heavy atom. The molecule has 1 rings (SSSR count). The number of carbonyl (C=O) groups is 1. The first-order chi connectivity index (χ1) is 4.65. The highest BCUT2D eigenvalue weighted by Gasteiger charge is 2.30. The average molecular weight is 139 g/mol. The summed E-state index contributed by atoms with van der Waals surface area (Å²) in [5.74, 6) is -0.819. The van der Waals surface area contributed by atoms with Gasteiger partial charge >= 0.3 is 5.97 Å². The van der Waals surface area contributed by atoms with Crippen LogP contribution in [0.1, 0.15) is 6.92 Å². The Morgan fingerprint density at radius 2 is 2.50 bits per heavy atom. The van der Waals surface area contributed by atoms with Gasteiger partial charge in [0.15, 0.2) is 0 Å². The Bertz CT molecular complexity index is 208. The van der Waals surface area contributed by atoms with Crippen molar-refractivity contribution in [3.63, 3.8) is 0 Å². The number of aliphatic carboxylic acids is 1. The average Bonchev–Trinajstić information content (AvgIpc) is 1.89. The first-order valence-corrected chi connectivity index (χ1v) is 3.06. The second-order valence-electron chi connectivity index (χ2n) is 2.57. The van der Waals surface area contributed by atoms with Gasteiger partial charge in [-0.05, 0) is 13.0 Å². The van der Waals surface area contributed by atoms with Gasteiger partial charge in [-0.15, -0.1) is 0 Å². The predicted octanol–water partition coefficient (Wildman–Crippen LogP) is 0.718. The highest BCUT2D eigenvalue weighted by atomic mass is 16.4. The van der Waals surface area contributed by atoms with Crippen LogP contribution in [0.4, 0.5) is 0 Å². The Balaban J connectivity index is 2.80. The molecule has 1 atom stereocenters. The van der Waals surface area contributed by atoms with Crippen molar-refractivity contribution in [2.45, 2.75) is 6.92 Å². The molecule has 1 aliphatic rings. The van der Waals surface area contributed by atoms with Crippen molar-refractivity contribution in [1.82, 2.24) is 0 Å². The lowest BCUT2D eigenvalue weighted by Gasteiger charge is -2.19. The number of aliphatic imine (C=N–C) groups is 1. The monoisotopic (exact) mass is 139 g/mol. The highest BCUT2D eigenvalue weighted by molar-refractivity contribution is 5.82. The minimum absolute atomic E-state index is 0.346. The van der Waals surface area contributed by atoms with Crippen molar-refractivity contribution in [3.8, 4) is 0 Å². The lowest BCUT2D eigenvalue weighted by atomic mass is 9.89. The third kappa shape index (κ3) is 1.07. The molecule has 1 aliphatic heterocycles. The van der Waals surface area contributed by atoms with Crippen molar-refractivity contribution in [3.05, 3.63) is 12.2 Å². The fourth-order valence-electron chi connectivity index (χ4n) is 0.750. The van der Waals surface area contributed by atoms with Crippen molar-refractivity contribution in [1.29, 1.82) is 0 Å². The van der Waals surface area contributed by atoms with Gasteiger partial charge in [-0.25, -0.2) is 0 Å². The van der Waals surface area contributed by atoms with E-state index < -0.39 is 11.4 Å². The second kappa shape index (κ2) is 2.25. The van der Waals surface area contributed by atoms with E-state index in [1.165, 1.54) is 0 Å². The Morgan fingerprint density at radius 3 is 2.80 bits per heavy atom. The molecule has 0 aromatic heterocycles. The number of carboxylic acid groups (broad SMARTS) is 1. The van der Waals surface area contributed by atoms with Crippen molar-refractivity contribution in [2.75, 3.05) is 6.54 Å². The number of carboxylic acids is 1. The number of hydrogen-bond donors (Lipinski definition) is 1. The third-order valence-electron chi connectivity index (χ3n) is 1.56. The van der Waals surface area contributed by atoms with Crippen LogP contribution in [0.3, 0.4) is 0 Å². The van der Waals surface area contributed by atoms with E-state index >= 15 is 0 Å². The molecular formula is C7H9NO2.